The molecule has 0 saturated heterocycles. The summed E-state index contributed by atoms with van der Waals surface area (Å²) < 4.78 is 1.35. The SMILES string of the molecule is CC(Cn1ncc2ccccc2c1=O)NC(=O)c1ccnc(NC(=O)C2CC2)c1. The number of rotatable bonds is 6. The Hall–Kier alpha value is -3.55. The summed E-state index contributed by atoms with van der Waals surface area (Å²) in [4.78, 5) is 41.1. The monoisotopic (exact) mass is 391 g/mol. The van der Waals surface area contributed by atoms with Crippen LogP contribution in [0, 0.1) is 5.92 Å². The molecular weight excluding hydrogens is 370 g/mol. The van der Waals surface area contributed by atoms with Gasteiger partial charge in [-0.1, -0.05) is 18.2 Å². The molecule has 8 heteroatoms. The molecule has 0 bridgehead atoms. The molecule has 29 heavy (non-hydrogen) atoms. The van der Waals surface area contributed by atoms with Crippen molar-refractivity contribution in [2.24, 2.45) is 5.92 Å². The Morgan fingerprint density at radius 2 is 2.03 bits per heavy atom. The van der Waals surface area contributed by atoms with Gasteiger partial charge in [0, 0.05) is 29.1 Å². The number of carbonyl (C=O) groups is 2. The van der Waals surface area contributed by atoms with Crippen LogP contribution in [0.2, 0.25) is 0 Å². The van der Waals surface area contributed by atoms with Crippen molar-refractivity contribution >= 4 is 28.4 Å². The second kappa shape index (κ2) is 7.83. The molecule has 3 aromatic rings. The van der Waals surface area contributed by atoms with Gasteiger partial charge in [0.05, 0.1) is 18.1 Å². The third-order valence-corrected chi connectivity index (χ3v) is 4.81. The van der Waals surface area contributed by atoms with Crippen molar-refractivity contribution in [1.29, 1.82) is 0 Å². The van der Waals surface area contributed by atoms with E-state index >= 15 is 0 Å². The number of fused-ring (bicyclic) bond motifs is 1. The lowest BCUT2D eigenvalue weighted by molar-refractivity contribution is -0.117. The van der Waals surface area contributed by atoms with E-state index in [4.69, 9.17) is 0 Å². The highest BCUT2D eigenvalue weighted by atomic mass is 16.2. The van der Waals surface area contributed by atoms with E-state index in [1.165, 1.54) is 10.9 Å². The number of nitrogens with one attached hydrogen (secondary N) is 2. The molecule has 8 nitrogen and oxygen atoms in total. The van der Waals surface area contributed by atoms with Crippen LogP contribution < -0.4 is 16.2 Å². The van der Waals surface area contributed by atoms with Crippen molar-refractivity contribution < 1.29 is 9.59 Å². The van der Waals surface area contributed by atoms with Gasteiger partial charge in [0.2, 0.25) is 5.91 Å². The fraction of sp³-hybridized carbons (Fsp3) is 0.286. The zero-order valence-electron chi connectivity index (χ0n) is 16.0. The van der Waals surface area contributed by atoms with Crippen LogP contribution in [0.15, 0.2) is 53.6 Å². The number of aromatic nitrogens is 3. The maximum Gasteiger partial charge on any atom is 0.274 e. The summed E-state index contributed by atoms with van der Waals surface area (Å²) in [5.74, 6) is 0.0394. The lowest BCUT2D eigenvalue weighted by Gasteiger charge is -2.15. The topological polar surface area (TPSA) is 106 Å². The Kier molecular flexibility index (Phi) is 5.07. The van der Waals surface area contributed by atoms with Crippen molar-refractivity contribution in [3.8, 4) is 0 Å². The van der Waals surface area contributed by atoms with Crippen molar-refractivity contribution in [2.45, 2.75) is 32.4 Å². The number of anilines is 1. The molecule has 0 aliphatic heterocycles. The molecule has 0 radical (unpaired) electrons. The van der Waals surface area contributed by atoms with Gasteiger partial charge in [0.15, 0.2) is 0 Å². The van der Waals surface area contributed by atoms with Crippen LogP contribution in [0.3, 0.4) is 0 Å². The largest absolute Gasteiger partial charge is 0.348 e. The Morgan fingerprint density at radius 3 is 2.83 bits per heavy atom. The van der Waals surface area contributed by atoms with E-state index < -0.39 is 0 Å². The quantitative estimate of drug-likeness (QED) is 0.668. The van der Waals surface area contributed by atoms with Gasteiger partial charge in [-0.25, -0.2) is 9.67 Å². The number of carbonyl (C=O) groups excluding carboxylic acids is 2. The van der Waals surface area contributed by atoms with Gasteiger partial charge in [-0.3, -0.25) is 14.4 Å². The standard InChI is InChI=1S/C21H21N5O3/c1-13(12-26-21(29)17-5-3-2-4-16(17)11-23-26)24-20(28)15-8-9-22-18(10-15)25-19(27)14-6-7-14/h2-5,8-11,13-14H,6-7,12H2,1H3,(H,24,28)(H,22,25,27). The molecular formula is C21H21N5O3. The number of hydrogen-bond donors (Lipinski definition) is 2. The van der Waals surface area contributed by atoms with Crippen LogP contribution in [0.5, 0.6) is 0 Å². The summed E-state index contributed by atoms with van der Waals surface area (Å²) in [6.07, 6.45) is 4.91. The van der Waals surface area contributed by atoms with Gasteiger partial charge in [-0.15, -0.1) is 0 Å². The van der Waals surface area contributed by atoms with E-state index in [0.717, 1.165) is 18.2 Å². The predicted molar refractivity (Wildman–Crippen MR) is 109 cm³/mol. The highest BCUT2D eigenvalue weighted by Gasteiger charge is 2.29. The van der Waals surface area contributed by atoms with E-state index in [1.807, 2.05) is 18.2 Å². The number of pyridine rings is 1. The number of hydrogen-bond acceptors (Lipinski definition) is 5. The Morgan fingerprint density at radius 1 is 1.24 bits per heavy atom. The van der Waals surface area contributed by atoms with Crippen LogP contribution in [0.1, 0.15) is 30.1 Å². The van der Waals surface area contributed by atoms with Gasteiger partial charge in [-0.2, -0.15) is 5.10 Å². The molecule has 148 valence electrons. The first-order valence-corrected chi connectivity index (χ1v) is 9.54. The minimum Gasteiger partial charge on any atom is -0.348 e. The molecule has 1 aromatic carbocycles. The van der Waals surface area contributed by atoms with E-state index in [1.54, 1.807) is 31.3 Å². The zero-order valence-corrected chi connectivity index (χ0v) is 16.0. The van der Waals surface area contributed by atoms with E-state index in [0.29, 0.717) is 16.8 Å². The Labute approximate surface area is 167 Å². The molecule has 1 aliphatic carbocycles. The molecule has 4 rings (SSSR count). The highest BCUT2D eigenvalue weighted by Crippen LogP contribution is 2.29. The normalized spacial score (nSPS) is 14.4. The van der Waals surface area contributed by atoms with Gasteiger partial charge >= 0.3 is 0 Å². The van der Waals surface area contributed by atoms with E-state index in [2.05, 4.69) is 20.7 Å². The second-order valence-electron chi connectivity index (χ2n) is 7.29. The summed E-state index contributed by atoms with van der Waals surface area (Å²) in [5.41, 5.74) is 0.190. The maximum absolute atomic E-state index is 12.6. The van der Waals surface area contributed by atoms with E-state index in [9.17, 15) is 14.4 Å². The summed E-state index contributed by atoms with van der Waals surface area (Å²) in [7, 11) is 0. The number of amides is 2. The number of nitrogens with zero attached hydrogens (tertiary/aromatic N) is 3. The smallest absolute Gasteiger partial charge is 0.274 e. The third-order valence-electron chi connectivity index (χ3n) is 4.81. The van der Waals surface area contributed by atoms with Crippen molar-refractivity contribution in [1.82, 2.24) is 20.1 Å². The Bertz CT molecular complexity index is 1140. The average molecular weight is 391 g/mol. The molecule has 0 spiro atoms. The second-order valence-corrected chi connectivity index (χ2v) is 7.29. The summed E-state index contributed by atoms with van der Waals surface area (Å²) in [6, 6.07) is 10.1. The predicted octanol–water partition coefficient (Wildman–Crippen LogP) is 1.96. The summed E-state index contributed by atoms with van der Waals surface area (Å²) >= 11 is 0. The van der Waals surface area contributed by atoms with Crippen molar-refractivity contribution in [2.75, 3.05) is 5.32 Å². The maximum atomic E-state index is 12.6. The molecule has 1 fully saturated rings. The van der Waals surface area contributed by atoms with Gasteiger partial charge in [0.25, 0.3) is 11.5 Å². The molecule has 1 saturated carbocycles. The average Bonchev–Trinajstić information content (AvgIpc) is 3.56. The molecule has 1 aliphatic rings. The molecule has 2 heterocycles. The fourth-order valence-electron chi connectivity index (χ4n) is 3.08. The molecule has 1 unspecified atom stereocenters. The lowest BCUT2D eigenvalue weighted by atomic mass is 10.2. The minimum absolute atomic E-state index is 0.0575. The van der Waals surface area contributed by atoms with Crippen LogP contribution in [-0.4, -0.2) is 32.6 Å². The van der Waals surface area contributed by atoms with Crippen LogP contribution >= 0.6 is 0 Å². The lowest BCUT2D eigenvalue weighted by Crippen LogP contribution is -2.39. The first-order chi connectivity index (χ1) is 14.0. The van der Waals surface area contributed by atoms with Crippen molar-refractivity contribution in [3.05, 3.63) is 64.7 Å². The fourth-order valence-corrected chi connectivity index (χ4v) is 3.08. The first kappa shape index (κ1) is 18.8. The van der Waals surface area contributed by atoms with Gasteiger partial charge in [0.1, 0.15) is 5.82 Å². The van der Waals surface area contributed by atoms with Crippen molar-refractivity contribution in [3.63, 3.8) is 0 Å². The molecule has 1 atom stereocenters. The van der Waals surface area contributed by atoms with E-state index in [-0.39, 0.29) is 35.9 Å². The molecule has 2 aromatic heterocycles. The summed E-state index contributed by atoms with van der Waals surface area (Å²) in [6.45, 7) is 2.05. The van der Waals surface area contributed by atoms with Gasteiger partial charge in [-0.05, 0) is 38.0 Å². The highest BCUT2D eigenvalue weighted by molar-refractivity contribution is 5.97. The van der Waals surface area contributed by atoms with Crippen LogP contribution in [-0.2, 0) is 11.3 Å². The first-order valence-electron chi connectivity index (χ1n) is 9.54. The van der Waals surface area contributed by atoms with Crippen LogP contribution in [0.4, 0.5) is 5.82 Å². The zero-order chi connectivity index (χ0) is 20.4. The van der Waals surface area contributed by atoms with Crippen LogP contribution in [0.25, 0.3) is 10.8 Å². The third kappa shape index (κ3) is 4.31. The summed E-state index contributed by atoms with van der Waals surface area (Å²) in [5, 5.41) is 11.1. The van der Waals surface area contributed by atoms with Gasteiger partial charge < -0.3 is 10.6 Å². The number of benzene rings is 1. The molecule has 2 N–H and O–H groups in total. The minimum atomic E-state index is -0.327. The molecule has 2 amide bonds. The Balaban J connectivity index is 1.42.